The van der Waals surface area contributed by atoms with Crippen molar-refractivity contribution in [1.29, 1.82) is 0 Å². The number of rotatable bonds is 13. The van der Waals surface area contributed by atoms with Crippen LogP contribution in [0.3, 0.4) is 0 Å². The van der Waals surface area contributed by atoms with Crippen molar-refractivity contribution in [3.05, 3.63) is 106 Å². The maximum absolute atomic E-state index is 13.9. The van der Waals surface area contributed by atoms with Crippen LogP contribution in [-0.2, 0) is 10.0 Å². The first-order chi connectivity index (χ1) is 30.1. The predicted octanol–water partition coefficient (Wildman–Crippen LogP) is 8.70. The summed E-state index contributed by atoms with van der Waals surface area (Å²) in [6.07, 6.45) is 17.7. The van der Waals surface area contributed by atoms with E-state index < -0.39 is 31.4 Å². The third kappa shape index (κ3) is 7.36. The molecule has 3 N–H and O–H groups in total. The summed E-state index contributed by atoms with van der Waals surface area (Å²) < 4.78 is 35.8. The lowest BCUT2D eigenvalue weighted by Crippen LogP contribution is -2.54. The van der Waals surface area contributed by atoms with E-state index in [2.05, 4.69) is 59.1 Å². The molecule has 6 aliphatic rings. The smallest absolute Gasteiger partial charge is 0.312 e. The number of ether oxygens (including phenoxy) is 1. The van der Waals surface area contributed by atoms with Gasteiger partial charge in [-0.1, -0.05) is 30.7 Å². The molecule has 2 saturated heterocycles. The number of H-pyrrole nitrogens is 1. The number of aromatic amines is 1. The van der Waals surface area contributed by atoms with Gasteiger partial charge in [0.15, 0.2) is 0 Å². The molecule has 4 aliphatic carbocycles. The van der Waals surface area contributed by atoms with E-state index in [4.69, 9.17) is 4.74 Å². The molecule has 1 spiro atoms. The molecule has 2 unspecified atom stereocenters. The van der Waals surface area contributed by atoms with Gasteiger partial charge in [0.1, 0.15) is 22.0 Å². The summed E-state index contributed by atoms with van der Waals surface area (Å²) in [5.74, 6) is 2.10. The van der Waals surface area contributed by atoms with Gasteiger partial charge in [-0.15, -0.1) is 0 Å². The van der Waals surface area contributed by atoms with Gasteiger partial charge < -0.3 is 19.9 Å². The zero-order chi connectivity index (χ0) is 42.2. The van der Waals surface area contributed by atoms with Gasteiger partial charge in [0.25, 0.3) is 15.9 Å². The number of nitro groups is 1. The highest BCUT2D eigenvalue weighted by atomic mass is 32.2. The van der Waals surface area contributed by atoms with Gasteiger partial charge in [0.2, 0.25) is 5.82 Å². The molecular formula is C47H52N8O6S. The number of anilines is 2. The van der Waals surface area contributed by atoms with Crippen molar-refractivity contribution in [3.8, 4) is 11.5 Å². The Labute approximate surface area is 361 Å². The van der Waals surface area contributed by atoms with Gasteiger partial charge in [0.05, 0.1) is 22.9 Å². The van der Waals surface area contributed by atoms with Crippen LogP contribution in [0.15, 0.2) is 84.1 Å². The van der Waals surface area contributed by atoms with Crippen LogP contribution in [0.5, 0.6) is 11.5 Å². The summed E-state index contributed by atoms with van der Waals surface area (Å²) in [6, 6.07) is 20.1. The van der Waals surface area contributed by atoms with Crippen LogP contribution >= 0.6 is 0 Å². The minimum Gasteiger partial charge on any atom is -0.455 e. The number of pyridine rings is 2. The number of sulfonamides is 1. The van der Waals surface area contributed by atoms with E-state index in [1.54, 1.807) is 41.7 Å². The first kappa shape index (κ1) is 39.3. The second kappa shape index (κ2) is 15.4. The van der Waals surface area contributed by atoms with Crippen molar-refractivity contribution < 1.29 is 22.9 Å². The number of carbonyl (C=O) groups is 1. The highest BCUT2D eigenvalue weighted by Gasteiger charge is 2.52. The van der Waals surface area contributed by atoms with Crippen LogP contribution in [0.2, 0.25) is 0 Å². The van der Waals surface area contributed by atoms with E-state index in [1.807, 2.05) is 12.1 Å². The molecule has 11 rings (SSSR count). The highest BCUT2D eigenvalue weighted by molar-refractivity contribution is 7.90. The van der Waals surface area contributed by atoms with Gasteiger partial charge in [-0.2, -0.15) is 0 Å². The fraction of sp³-hybridized carbons (Fsp3) is 0.468. The zero-order valence-electron chi connectivity index (χ0n) is 34.7. The van der Waals surface area contributed by atoms with Gasteiger partial charge in [0, 0.05) is 61.1 Å². The number of fused-ring (bicyclic) bond motifs is 2. The molecule has 322 valence electrons. The molecule has 0 bridgehead atoms. The third-order valence-corrected chi connectivity index (χ3v) is 16.4. The van der Waals surface area contributed by atoms with E-state index in [0.717, 1.165) is 55.2 Å². The molecule has 5 aromatic rings. The van der Waals surface area contributed by atoms with Gasteiger partial charge in [-0.3, -0.25) is 19.8 Å². The third-order valence-electron chi connectivity index (χ3n) is 15.1. The average Bonchev–Trinajstić information content (AvgIpc) is 3.97. The Morgan fingerprint density at radius 1 is 0.919 bits per heavy atom. The summed E-state index contributed by atoms with van der Waals surface area (Å²) in [5.41, 5.74) is 4.53. The molecule has 1 amide bonds. The van der Waals surface area contributed by atoms with Crippen LogP contribution in [0, 0.1) is 33.3 Å². The minimum absolute atomic E-state index is 0.0100. The minimum atomic E-state index is -4.58. The van der Waals surface area contributed by atoms with Crippen molar-refractivity contribution >= 4 is 44.2 Å². The lowest BCUT2D eigenvalue weighted by molar-refractivity contribution is -0.384. The molecule has 5 heterocycles. The average molecular weight is 857 g/mol. The summed E-state index contributed by atoms with van der Waals surface area (Å²) >= 11 is 0. The number of nitrogens with one attached hydrogen (secondary N) is 3. The van der Waals surface area contributed by atoms with Gasteiger partial charge in [-0.25, -0.2) is 23.1 Å². The molecule has 4 saturated carbocycles. The van der Waals surface area contributed by atoms with Crippen molar-refractivity contribution in [2.45, 2.75) is 93.5 Å². The maximum Gasteiger partial charge on any atom is 0.312 e. The number of aromatic nitrogens is 3. The topological polar surface area (TPSA) is 176 Å². The van der Waals surface area contributed by atoms with Crippen LogP contribution < -0.4 is 19.7 Å². The quantitative estimate of drug-likeness (QED) is 0.0763. The number of carbonyl (C=O) groups excluding carboxylic acids is 1. The Hall–Kier alpha value is -5.54. The second-order valence-corrected chi connectivity index (χ2v) is 20.4. The van der Waals surface area contributed by atoms with Crippen LogP contribution in [0.25, 0.3) is 11.0 Å². The largest absolute Gasteiger partial charge is 0.455 e. The lowest BCUT2D eigenvalue weighted by atomic mass is 9.59. The van der Waals surface area contributed by atoms with Gasteiger partial charge in [-0.05, 0) is 135 Å². The Morgan fingerprint density at radius 3 is 2.48 bits per heavy atom. The Morgan fingerprint density at radius 2 is 1.71 bits per heavy atom. The summed E-state index contributed by atoms with van der Waals surface area (Å²) in [4.78, 5) is 41.6. The Balaban J connectivity index is 0.790. The molecule has 2 aromatic carbocycles. The van der Waals surface area contributed by atoms with Crippen LogP contribution in [0.1, 0.15) is 104 Å². The van der Waals surface area contributed by atoms with E-state index in [0.29, 0.717) is 53.2 Å². The van der Waals surface area contributed by atoms with E-state index in [1.165, 1.54) is 64.3 Å². The molecule has 2 aliphatic heterocycles. The predicted molar refractivity (Wildman–Crippen MR) is 235 cm³/mol. The number of likely N-dealkylation sites (tertiary alicyclic amines) is 1. The normalized spacial score (nSPS) is 24.5. The van der Waals surface area contributed by atoms with Crippen molar-refractivity contribution in [3.63, 3.8) is 0 Å². The number of amides is 1. The highest BCUT2D eigenvalue weighted by Crippen LogP contribution is 2.58. The molecule has 6 fully saturated rings. The second-order valence-electron chi connectivity index (χ2n) is 18.8. The Bertz CT molecular complexity index is 2660. The van der Waals surface area contributed by atoms with E-state index in [-0.39, 0.29) is 17.1 Å². The fourth-order valence-electron chi connectivity index (χ4n) is 11.6. The molecule has 0 radical (unpaired) electrons. The van der Waals surface area contributed by atoms with Gasteiger partial charge >= 0.3 is 5.69 Å². The number of hydrogen-bond donors (Lipinski definition) is 3. The molecule has 3 aromatic heterocycles. The standard InChI is InChI=1S/C47H52N8O6S/c56-46(52-62(59,60)34-23-42(55(57)58)45(50-27-34)51-28-40-36-7-3-8-37(36)40)39-13-12-31(22-43(39)61-33-21-30-14-17-48-44(30)49-26-33)53-19-15-47(16-20-53)24-32(25-47)54-18-4-9-41(54)38-6-2-1-5-35(38)29-10-11-29/h1-2,5-6,12-14,17,21-23,26-27,29,32,36-37,40-41H,3-4,7-11,15-16,18-20,24-25,28H2,(H,48,49)(H,50,51)(H,52,56)/t36?,37?,40?,41-/m0/s1. The number of piperidine rings is 1. The molecule has 15 heteroatoms. The molecule has 3 atom stereocenters. The van der Waals surface area contributed by atoms with Crippen molar-refractivity contribution in [2.75, 3.05) is 36.4 Å². The van der Waals surface area contributed by atoms with Crippen LogP contribution in [0.4, 0.5) is 17.2 Å². The molecule has 62 heavy (non-hydrogen) atoms. The van der Waals surface area contributed by atoms with E-state index in [9.17, 15) is 23.3 Å². The maximum atomic E-state index is 13.9. The molecule has 14 nitrogen and oxygen atoms in total. The monoisotopic (exact) mass is 856 g/mol. The summed E-state index contributed by atoms with van der Waals surface area (Å²) in [5, 5.41) is 16.0. The Kier molecular flexibility index (Phi) is 9.74. The molecular weight excluding hydrogens is 805 g/mol. The lowest BCUT2D eigenvalue weighted by Gasteiger charge is -2.56. The SMILES string of the molecule is O=C(NS(=O)(=O)c1cnc(NCC2C3CCCC32)c([N+](=O)[O-])c1)c1ccc(N2CCC3(CC2)CC(N2CCC[C@H]2c2ccccc2C2CC2)C3)cc1Oc1cnc2[nH]ccc2c1. The summed E-state index contributed by atoms with van der Waals surface area (Å²) in [7, 11) is -4.58. The number of benzene rings is 2. The van der Waals surface area contributed by atoms with Crippen molar-refractivity contribution in [1.82, 2.24) is 24.6 Å². The number of nitrogens with zero attached hydrogens (tertiary/aromatic N) is 5. The summed E-state index contributed by atoms with van der Waals surface area (Å²) in [6.45, 7) is 3.44. The number of hydrogen-bond acceptors (Lipinski definition) is 11. The fourth-order valence-corrected chi connectivity index (χ4v) is 12.6. The van der Waals surface area contributed by atoms with E-state index >= 15 is 0 Å². The zero-order valence-corrected chi connectivity index (χ0v) is 35.5. The first-order valence-corrected chi connectivity index (χ1v) is 23.9. The van der Waals surface area contributed by atoms with Crippen molar-refractivity contribution in [2.24, 2.45) is 23.2 Å². The first-order valence-electron chi connectivity index (χ1n) is 22.4. The van der Waals surface area contributed by atoms with Crippen LogP contribution in [-0.4, -0.2) is 71.3 Å².